The molecule has 1 N–H and O–H groups in total. The van der Waals surface area contributed by atoms with E-state index in [2.05, 4.69) is 6.07 Å². The molecule has 2 unspecified atom stereocenters. The molecule has 2 heterocycles. The van der Waals surface area contributed by atoms with Crippen molar-refractivity contribution in [3.8, 4) is 5.75 Å². The fourth-order valence-corrected chi connectivity index (χ4v) is 3.44. The summed E-state index contributed by atoms with van der Waals surface area (Å²) in [5.41, 5.74) is 2.28. The maximum absolute atomic E-state index is 12.2. The summed E-state index contributed by atoms with van der Waals surface area (Å²) in [6.45, 7) is 2.02. The number of ether oxygens (including phenoxy) is 1. The summed E-state index contributed by atoms with van der Waals surface area (Å²) in [7, 11) is -1.42. The van der Waals surface area contributed by atoms with Crippen LogP contribution in [0, 0.1) is 6.92 Å². The Hall–Kier alpha value is -2.08. The Bertz CT molecular complexity index is 719. The number of benzene rings is 1. The van der Waals surface area contributed by atoms with Gasteiger partial charge in [-0.2, -0.15) is 0 Å². The van der Waals surface area contributed by atoms with Gasteiger partial charge in [-0.15, -0.1) is 0 Å². The van der Waals surface area contributed by atoms with Crippen LogP contribution in [0.25, 0.3) is 0 Å². The molecule has 0 saturated heterocycles. The van der Waals surface area contributed by atoms with Gasteiger partial charge in [0.05, 0.1) is 16.6 Å². The standard InChI is InChI=1S/C15H14O5S/c1-9-2-3-12-10(6-9)7-11(19-12)8-21(18)14-5-4-13(20-14)15(16)17/h2-6,11H,7-8H2,1H3,(H,16,17). The highest BCUT2D eigenvalue weighted by atomic mass is 32.2. The van der Waals surface area contributed by atoms with E-state index in [4.69, 9.17) is 14.3 Å². The van der Waals surface area contributed by atoms with Gasteiger partial charge in [0, 0.05) is 6.42 Å². The van der Waals surface area contributed by atoms with E-state index in [1.807, 2.05) is 19.1 Å². The number of hydrogen-bond donors (Lipinski definition) is 1. The van der Waals surface area contributed by atoms with E-state index in [1.54, 1.807) is 0 Å². The van der Waals surface area contributed by atoms with Crippen molar-refractivity contribution in [2.24, 2.45) is 0 Å². The fourth-order valence-electron chi connectivity index (χ4n) is 2.35. The highest BCUT2D eigenvalue weighted by Gasteiger charge is 2.26. The first-order valence-electron chi connectivity index (χ1n) is 6.50. The van der Waals surface area contributed by atoms with Gasteiger partial charge in [0.1, 0.15) is 11.9 Å². The van der Waals surface area contributed by atoms with Crippen molar-refractivity contribution in [3.63, 3.8) is 0 Å². The number of aryl methyl sites for hydroxylation is 1. The first kappa shape index (κ1) is 13.9. The van der Waals surface area contributed by atoms with Gasteiger partial charge in [-0.3, -0.25) is 4.21 Å². The van der Waals surface area contributed by atoms with Crippen molar-refractivity contribution >= 4 is 16.8 Å². The highest BCUT2D eigenvalue weighted by Crippen LogP contribution is 2.30. The lowest BCUT2D eigenvalue weighted by molar-refractivity contribution is 0.0656. The maximum Gasteiger partial charge on any atom is 0.371 e. The number of rotatable bonds is 4. The van der Waals surface area contributed by atoms with Crippen LogP contribution in [-0.2, 0) is 17.2 Å². The first-order valence-corrected chi connectivity index (χ1v) is 7.82. The Kier molecular flexibility index (Phi) is 3.55. The molecule has 1 aliphatic rings. The molecule has 0 aliphatic carbocycles. The summed E-state index contributed by atoms with van der Waals surface area (Å²) in [5.74, 6) is -0.267. The molecule has 3 rings (SSSR count). The van der Waals surface area contributed by atoms with Crippen LogP contribution in [0.2, 0.25) is 0 Å². The van der Waals surface area contributed by atoms with E-state index in [9.17, 15) is 9.00 Å². The molecular weight excluding hydrogens is 292 g/mol. The highest BCUT2D eigenvalue weighted by molar-refractivity contribution is 7.84. The maximum atomic E-state index is 12.2. The minimum atomic E-state index is -1.42. The Labute approximate surface area is 124 Å². The number of carbonyl (C=O) groups is 1. The average Bonchev–Trinajstić information content (AvgIpc) is 3.03. The van der Waals surface area contributed by atoms with Gasteiger partial charge in [0.15, 0.2) is 5.09 Å². The van der Waals surface area contributed by atoms with E-state index < -0.39 is 16.8 Å². The van der Waals surface area contributed by atoms with Crippen LogP contribution < -0.4 is 4.74 Å². The summed E-state index contributed by atoms with van der Waals surface area (Å²) < 4.78 is 23.0. The Morgan fingerprint density at radius 1 is 1.38 bits per heavy atom. The molecule has 2 aromatic rings. The third-order valence-electron chi connectivity index (χ3n) is 3.31. The molecule has 0 fully saturated rings. The lowest BCUT2D eigenvalue weighted by Crippen LogP contribution is -2.21. The minimum absolute atomic E-state index is 0.170. The Balaban J connectivity index is 1.68. The molecule has 110 valence electrons. The number of aromatic carboxylic acids is 1. The molecular formula is C15H14O5S. The summed E-state index contributed by atoms with van der Waals surface area (Å²) >= 11 is 0. The zero-order chi connectivity index (χ0) is 15.0. The molecule has 0 radical (unpaired) electrons. The van der Waals surface area contributed by atoms with Gasteiger partial charge < -0.3 is 14.3 Å². The van der Waals surface area contributed by atoms with Gasteiger partial charge in [0.2, 0.25) is 5.76 Å². The van der Waals surface area contributed by atoms with Gasteiger partial charge in [-0.1, -0.05) is 17.7 Å². The van der Waals surface area contributed by atoms with Gasteiger partial charge >= 0.3 is 5.97 Å². The van der Waals surface area contributed by atoms with Crippen LogP contribution >= 0.6 is 0 Å². The number of hydrogen-bond acceptors (Lipinski definition) is 4. The summed E-state index contributed by atoms with van der Waals surface area (Å²) in [6, 6.07) is 8.70. The molecule has 0 bridgehead atoms. The van der Waals surface area contributed by atoms with Crippen molar-refractivity contribution in [2.75, 3.05) is 5.75 Å². The molecule has 1 aromatic heterocycles. The van der Waals surface area contributed by atoms with E-state index >= 15 is 0 Å². The molecule has 2 atom stereocenters. The molecule has 0 saturated carbocycles. The topological polar surface area (TPSA) is 76.7 Å². The Morgan fingerprint density at radius 2 is 2.19 bits per heavy atom. The second kappa shape index (κ2) is 5.37. The molecule has 21 heavy (non-hydrogen) atoms. The summed E-state index contributed by atoms with van der Waals surface area (Å²) in [4.78, 5) is 10.7. The molecule has 6 heteroatoms. The first-order chi connectivity index (χ1) is 10.0. The van der Waals surface area contributed by atoms with Crippen molar-refractivity contribution in [3.05, 3.63) is 47.2 Å². The third-order valence-corrected chi connectivity index (χ3v) is 4.65. The van der Waals surface area contributed by atoms with E-state index in [0.29, 0.717) is 6.42 Å². The largest absolute Gasteiger partial charge is 0.489 e. The normalized spacial score (nSPS) is 18.0. The Morgan fingerprint density at radius 3 is 2.90 bits per heavy atom. The fraction of sp³-hybridized carbons (Fsp3) is 0.267. The van der Waals surface area contributed by atoms with Crippen LogP contribution in [0.1, 0.15) is 21.7 Å². The number of fused-ring (bicyclic) bond motifs is 1. The molecule has 0 spiro atoms. The number of carboxylic acids is 1. The predicted molar refractivity (Wildman–Crippen MR) is 76.2 cm³/mol. The second-order valence-corrected chi connectivity index (χ2v) is 6.42. The third kappa shape index (κ3) is 2.85. The summed E-state index contributed by atoms with van der Waals surface area (Å²) in [5, 5.41) is 8.96. The van der Waals surface area contributed by atoms with E-state index in [-0.39, 0.29) is 22.7 Å². The van der Waals surface area contributed by atoms with Crippen molar-refractivity contribution in [1.29, 1.82) is 0 Å². The quantitative estimate of drug-likeness (QED) is 0.938. The second-order valence-electron chi connectivity index (χ2n) is 4.99. The van der Waals surface area contributed by atoms with E-state index in [1.165, 1.54) is 12.1 Å². The van der Waals surface area contributed by atoms with Crippen LogP contribution in [0.3, 0.4) is 0 Å². The average molecular weight is 306 g/mol. The smallest absolute Gasteiger partial charge is 0.371 e. The van der Waals surface area contributed by atoms with Crippen molar-refractivity contribution in [1.82, 2.24) is 0 Å². The van der Waals surface area contributed by atoms with Crippen molar-refractivity contribution < 1.29 is 23.3 Å². The molecule has 0 amide bonds. The lowest BCUT2D eigenvalue weighted by atomic mass is 10.1. The number of furan rings is 1. The SMILES string of the molecule is Cc1ccc2c(c1)CC(CS(=O)c1ccc(C(=O)O)o1)O2. The van der Waals surface area contributed by atoms with Gasteiger partial charge in [-0.25, -0.2) is 4.79 Å². The van der Waals surface area contributed by atoms with Crippen LogP contribution in [-0.4, -0.2) is 27.1 Å². The monoisotopic (exact) mass is 306 g/mol. The molecule has 1 aromatic carbocycles. The molecule has 5 nitrogen and oxygen atoms in total. The van der Waals surface area contributed by atoms with Crippen LogP contribution in [0.5, 0.6) is 5.75 Å². The van der Waals surface area contributed by atoms with Crippen LogP contribution in [0.15, 0.2) is 39.8 Å². The van der Waals surface area contributed by atoms with Gasteiger partial charge in [-0.05, 0) is 30.7 Å². The van der Waals surface area contributed by atoms with E-state index in [0.717, 1.165) is 16.9 Å². The predicted octanol–water partition coefficient (Wildman–Crippen LogP) is 2.40. The summed E-state index contributed by atoms with van der Waals surface area (Å²) in [6.07, 6.45) is 0.524. The molecule has 1 aliphatic heterocycles. The van der Waals surface area contributed by atoms with Crippen LogP contribution in [0.4, 0.5) is 0 Å². The minimum Gasteiger partial charge on any atom is -0.489 e. The number of carboxylic acid groups (broad SMARTS) is 1. The zero-order valence-electron chi connectivity index (χ0n) is 11.4. The van der Waals surface area contributed by atoms with Crippen molar-refractivity contribution in [2.45, 2.75) is 24.5 Å². The zero-order valence-corrected chi connectivity index (χ0v) is 12.2. The lowest BCUT2D eigenvalue weighted by Gasteiger charge is -2.08. The van der Waals surface area contributed by atoms with Gasteiger partial charge in [0.25, 0.3) is 0 Å².